The van der Waals surface area contributed by atoms with Crippen LogP contribution in [0, 0.1) is 0 Å². The molecule has 0 aromatic rings. The lowest BCUT2D eigenvalue weighted by atomic mass is 9.93. The van der Waals surface area contributed by atoms with Gasteiger partial charge in [-0.3, -0.25) is 0 Å². The molecule has 0 amide bonds. The Morgan fingerprint density at radius 1 is 1.31 bits per heavy atom. The van der Waals surface area contributed by atoms with E-state index in [2.05, 4.69) is 24.5 Å². The van der Waals surface area contributed by atoms with Crippen LogP contribution in [0.5, 0.6) is 0 Å². The molecule has 0 aliphatic carbocycles. The fraction of sp³-hybridized carbons (Fsp3) is 1.00. The fourth-order valence-electron chi connectivity index (χ4n) is 2.11. The normalized spacial score (nSPS) is 34.2. The Balaban J connectivity index is 1.78. The highest BCUT2D eigenvalue weighted by atomic mass is 16.5. The molecule has 0 saturated carbocycles. The average Bonchev–Trinajstić information content (AvgIpc) is 1.95. The maximum absolute atomic E-state index is 5.67. The first-order valence-electron chi connectivity index (χ1n) is 5.26. The Hall–Kier alpha value is -0.120. The summed E-state index contributed by atoms with van der Waals surface area (Å²) < 4.78 is 5.67. The Bertz CT molecular complexity index is 178. The van der Waals surface area contributed by atoms with Crippen molar-refractivity contribution in [1.82, 2.24) is 10.6 Å². The molecule has 0 radical (unpaired) electrons. The molecular formula is C10H20N2O. The van der Waals surface area contributed by atoms with Crippen molar-refractivity contribution in [1.29, 1.82) is 0 Å². The van der Waals surface area contributed by atoms with Crippen molar-refractivity contribution in [3.63, 3.8) is 0 Å². The molecule has 0 aromatic carbocycles. The summed E-state index contributed by atoms with van der Waals surface area (Å²) in [5.74, 6) is 0. The Morgan fingerprint density at radius 2 is 2.08 bits per heavy atom. The standard InChI is InChI=1S/C10H20N2O/c1-10(2)5-8(3-4-13-10)12-9-6-11-7-9/h8-9,11-12H,3-7H2,1-2H3. The molecule has 2 aliphatic heterocycles. The molecule has 3 heteroatoms. The lowest BCUT2D eigenvalue weighted by molar-refractivity contribution is -0.0648. The number of rotatable bonds is 2. The van der Waals surface area contributed by atoms with Gasteiger partial charge in [0.15, 0.2) is 0 Å². The van der Waals surface area contributed by atoms with E-state index in [1.807, 2.05) is 0 Å². The van der Waals surface area contributed by atoms with Gasteiger partial charge < -0.3 is 15.4 Å². The van der Waals surface area contributed by atoms with Gasteiger partial charge in [0.2, 0.25) is 0 Å². The number of hydrogen-bond acceptors (Lipinski definition) is 3. The highest BCUT2D eigenvalue weighted by Gasteiger charge is 2.30. The van der Waals surface area contributed by atoms with E-state index in [0.29, 0.717) is 12.1 Å². The Morgan fingerprint density at radius 3 is 2.62 bits per heavy atom. The molecule has 2 heterocycles. The summed E-state index contributed by atoms with van der Waals surface area (Å²) in [5.41, 5.74) is 0.0765. The summed E-state index contributed by atoms with van der Waals surface area (Å²) in [6, 6.07) is 1.37. The summed E-state index contributed by atoms with van der Waals surface area (Å²) in [6.45, 7) is 7.54. The van der Waals surface area contributed by atoms with E-state index in [1.165, 1.54) is 6.42 Å². The summed E-state index contributed by atoms with van der Waals surface area (Å²) in [5, 5.41) is 6.95. The van der Waals surface area contributed by atoms with E-state index in [1.54, 1.807) is 0 Å². The smallest absolute Gasteiger partial charge is 0.0641 e. The second-order valence-electron chi connectivity index (χ2n) is 4.82. The van der Waals surface area contributed by atoms with Crippen LogP contribution in [0.1, 0.15) is 26.7 Å². The van der Waals surface area contributed by atoms with Gasteiger partial charge in [0.05, 0.1) is 5.60 Å². The molecule has 0 aromatic heterocycles. The lowest BCUT2D eigenvalue weighted by Gasteiger charge is -2.39. The van der Waals surface area contributed by atoms with Gasteiger partial charge >= 0.3 is 0 Å². The minimum absolute atomic E-state index is 0.0765. The molecule has 13 heavy (non-hydrogen) atoms. The summed E-state index contributed by atoms with van der Waals surface area (Å²) in [4.78, 5) is 0. The first-order valence-corrected chi connectivity index (χ1v) is 5.26. The topological polar surface area (TPSA) is 33.3 Å². The van der Waals surface area contributed by atoms with Gasteiger partial charge in [-0.05, 0) is 26.7 Å². The minimum Gasteiger partial charge on any atom is -0.375 e. The molecule has 2 aliphatic rings. The van der Waals surface area contributed by atoms with E-state index in [4.69, 9.17) is 4.74 Å². The van der Waals surface area contributed by atoms with Crippen LogP contribution in [0.4, 0.5) is 0 Å². The second-order valence-corrected chi connectivity index (χ2v) is 4.82. The van der Waals surface area contributed by atoms with Crippen LogP contribution < -0.4 is 10.6 Å². The third kappa shape index (κ3) is 2.42. The van der Waals surface area contributed by atoms with Crippen LogP contribution in [0.15, 0.2) is 0 Å². The van der Waals surface area contributed by atoms with Gasteiger partial charge in [-0.15, -0.1) is 0 Å². The maximum atomic E-state index is 5.67. The highest BCUT2D eigenvalue weighted by Crippen LogP contribution is 2.24. The van der Waals surface area contributed by atoms with Crippen LogP contribution in [0.2, 0.25) is 0 Å². The molecule has 1 unspecified atom stereocenters. The molecule has 2 rings (SSSR count). The monoisotopic (exact) mass is 184 g/mol. The first-order chi connectivity index (χ1) is 6.16. The van der Waals surface area contributed by atoms with Crippen molar-refractivity contribution in [2.45, 2.75) is 44.4 Å². The van der Waals surface area contributed by atoms with Gasteiger partial charge in [-0.25, -0.2) is 0 Å². The lowest BCUT2D eigenvalue weighted by Crippen LogP contribution is -2.59. The van der Waals surface area contributed by atoms with E-state index >= 15 is 0 Å². The molecule has 3 nitrogen and oxygen atoms in total. The zero-order chi connectivity index (χ0) is 9.31. The average molecular weight is 184 g/mol. The third-order valence-corrected chi connectivity index (χ3v) is 2.95. The van der Waals surface area contributed by atoms with Crippen LogP contribution in [0.3, 0.4) is 0 Å². The molecule has 1 atom stereocenters. The van der Waals surface area contributed by atoms with E-state index in [9.17, 15) is 0 Å². The van der Waals surface area contributed by atoms with E-state index in [-0.39, 0.29) is 5.60 Å². The summed E-state index contributed by atoms with van der Waals surface area (Å²) in [6.07, 6.45) is 2.31. The van der Waals surface area contributed by atoms with Gasteiger partial charge in [-0.2, -0.15) is 0 Å². The van der Waals surface area contributed by atoms with Crippen molar-refractivity contribution in [2.24, 2.45) is 0 Å². The Labute approximate surface area is 80.2 Å². The number of hydrogen-bond donors (Lipinski definition) is 2. The SMILES string of the molecule is CC1(C)CC(NC2CNC2)CCO1. The van der Waals surface area contributed by atoms with E-state index < -0.39 is 0 Å². The molecule has 2 N–H and O–H groups in total. The largest absolute Gasteiger partial charge is 0.375 e. The zero-order valence-corrected chi connectivity index (χ0v) is 8.60. The predicted molar refractivity (Wildman–Crippen MR) is 52.8 cm³/mol. The molecule has 76 valence electrons. The van der Waals surface area contributed by atoms with Gasteiger partial charge in [0.25, 0.3) is 0 Å². The minimum atomic E-state index is 0.0765. The van der Waals surface area contributed by atoms with Crippen molar-refractivity contribution in [3.05, 3.63) is 0 Å². The number of nitrogens with one attached hydrogen (secondary N) is 2. The van der Waals surface area contributed by atoms with Crippen LogP contribution in [0.25, 0.3) is 0 Å². The van der Waals surface area contributed by atoms with Crippen LogP contribution in [-0.2, 0) is 4.74 Å². The van der Waals surface area contributed by atoms with Crippen molar-refractivity contribution < 1.29 is 4.74 Å². The molecule has 2 saturated heterocycles. The molecular weight excluding hydrogens is 164 g/mol. The molecule has 0 bridgehead atoms. The molecule has 0 spiro atoms. The quantitative estimate of drug-likeness (QED) is 0.656. The number of ether oxygens (including phenoxy) is 1. The third-order valence-electron chi connectivity index (χ3n) is 2.95. The maximum Gasteiger partial charge on any atom is 0.0641 e. The highest BCUT2D eigenvalue weighted by molar-refractivity contribution is 4.89. The molecule has 2 fully saturated rings. The zero-order valence-electron chi connectivity index (χ0n) is 8.60. The fourth-order valence-corrected chi connectivity index (χ4v) is 2.11. The van der Waals surface area contributed by atoms with E-state index in [0.717, 1.165) is 26.1 Å². The van der Waals surface area contributed by atoms with Gasteiger partial charge in [0.1, 0.15) is 0 Å². The predicted octanol–water partition coefficient (Wildman–Crippen LogP) is 0.505. The van der Waals surface area contributed by atoms with Crippen molar-refractivity contribution in [3.8, 4) is 0 Å². The summed E-state index contributed by atoms with van der Waals surface area (Å²) in [7, 11) is 0. The van der Waals surface area contributed by atoms with Gasteiger partial charge in [0, 0.05) is 31.8 Å². The van der Waals surface area contributed by atoms with Crippen LogP contribution >= 0.6 is 0 Å². The van der Waals surface area contributed by atoms with Crippen molar-refractivity contribution >= 4 is 0 Å². The van der Waals surface area contributed by atoms with Crippen molar-refractivity contribution in [2.75, 3.05) is 19.7 Å². The van der Waals surface area contributed by atoms with Crippen LogP contribution in [-0.4, -0.2) is 37.4 Å². The Kier molecular flexibility index (Phi) is 2.58. The second kappa shape index (κ2) is 3.56. The first kappa shape index (κ1) is 9.44. The summed E-state index contributed by atoms with van der Waals surface area (Å²) >= 11 is 0. The van der Waals surface area contributed by atoms with Gasteiger partial charge in [-0.1, -0.05) is 0 Å².